The molecule has 0 bridgehead atoms. The zero-order valence-electron chi connectivity index (χ0n) is 9.09. The van der Waals surface area contributed by atoms with Gasteiger partial charge in [-0.2, -0.15) is 0 Å². The summed E-state index contributed by atoms with van der Waals surface area (Å²) >= 11 is 0. The third-order valence-electron chi connectivity index (χ3n) is 2.15. The van der Waals surface area contributed by atoms with E-state index in [4.69, 9.17) is 0 Å². The third-order valence-corrected chi connectivity index (χ3v) is 2.15. The van der Waals surface area contributed by atoms with Crippen LogP contribution in [0.2, 0.25) is 0 Å². The predicted molar refractivity (Wildman–Crippen MR) is 57.6 cm³/mol. The minimum atomic E-state index is -0.356. The fourth-order valence-corrected chi connectivity index (χ4v) is 1.27. The van der Waals surface area contributed by atoms with Crippen LogP contribution in [0.25, 0.3) is 0 Å². The van der Waals surface area contributed by atoms with Crippen LogP contribution in [-0.4, -0.2) is 26.1 Å². The first-order chi connectivity index (χ1) is 8.15. The van der Waals surface area contributed by atoms with Crippen LogP contribution in [0.1, 0.15) is 5.56 Å². The van der Waals surface area contributed by atoms with E-state index in [1.165, 1.54) is 17.1 Å². The topological polar surface area (TPSA) is 72.7 Å². The fraction of sp³-hybridized carbons (Fsp3) is 0.200. The fourth-order valence-electron chi connectivity index (χ4n) is 1.27. The zero-order chi connectivity index (χ0) is 12.3. The van der Waals surface area contributed by atoms with Crippen LogP contribution < -0.4 is 5.32 Å². The smallest absolute Gasteiger partial charge is 0.246 e. The van der Waals surface area contributed by atoms with Crippen molar-refractivity contribution in [1.29, 1.82) is 0 Å². The van der Waals surface area contributed by atoms with Crippen molar-refractivity contribution in [3.8, 4) is 0 Å². The summed E-state index contributed by atoms with van der Waals surface area (Å²) in [5.41, 5.74) is 0.939. The lowest BCUT2D eigenvalue weighted by molar-refractivity contribution is -0.116. The van der Waals surface area contributed by atoms with Crippen molar-refractivity contribution in [2.24, 2.45) is 0 Å². The van der Waals surface area contributed by atoms with Crippen molar-refractivity contribution in [2.75, 3.05) is 5.32 Å². The van der Waals surface area contributed by atoms with Crippen LogP contribution in [0.3, 0.4) is 0 Å². The van der Waals surface area contributed by atoms with Crippen molar-refractivity contribution >= 4 is 11.6 Å². The van der Waals surface area contributed by atoms with Crippen LogP contribution in [0.15, 0.2) is 24.5 Å². The minimum Gasteiger partial charge on any atom is -0.324 e. The second kappa shape index (κ2) is 4.69. The summed E-state index contributed by atoms with van der Waals surface area (Å²) in [6.07, 6.45) is 1.33. The Morgan fingerprint density at radius 3 is 3.00 bits per heavy atom. The Morgan fingerprint density at radius 1 is 1.53 bits per heavy atom. The Hall–Kier alpha value is -2.31. The van der Waals surface area contributed by atoms with Gasteiger partial charge >= 0.3 is 0 Å². The van der Waals surface area contributed by atoms with Crippen molar-refractivity contribution in [3.63, 3.8) is 0 Å². The van der Waals surface area contributed by atoms with E-state index in [1.54, 1.807) is 19.1 Å². The summed E-state index contributed by atoms with van der Waals surface area (Å²) in [5, 5.41) is 12.9. The second-order valence-electron chi connectivity index (χ2n) is 3.52. The molecule has 0 fully saturated rings. The Labute approximate surface area is 96.4 Å². The Bertz CT molecular complexity index is 525. The molecule has 2 rings (SSSR count). The summed E-state index contributed by atoms with van der Waals surface area (Å²) in [5.74, 6) is -0.675. The molecule has 0 atom stereocenters. The van der Waals surface area contributed by atoms with Crippen molar-refractivity contribution in [3.05, 3.63) is 35.9 Å². The number of carbonyl (C=O) groups excluding carboxylic acids is 1. The molecule has 1 amide bonds. The van der Waals surface area contributed by atoms with E-state index < -0.39 is 0 Å². The van der Waals surface area contributed by atoms with Gasteiger partial charge in [0.05, 0.1) is 0 Å². The SMILES string of the molecule is Cc1ccc(NC(=O)Cn2cnnn2)cc1F. The van der Waals surface area contributed by atoms with Gasteiger partial charge in [0.15, 0.2) is 0 Å². The lowest BCUT2D eigenvalue weighted by atomic mass is 10.2. The van der Waals surface area contributed by atoms with Gasteiger partial charge in [0.25, 0.3) is 0 Å². The molecule has 7 heteroatoms. The highest BCUT2D eigenvalue weighted by Gasteiger charge is 2.06. The molecule has 17 heavy (non-hydrogen) atoms. The number of hydrogen-bond acceptors (Lipinski definition) is 4. The first kappa shape index (κ1) is 11.2. The average molecular weight is 235 g/mol. The van der Waals surface area contributed by atoms with Gasteiger partial charge in [0.2, 0.25) is 5.91 Å². The molecule has 1 aromatic carbocycles. The van der Waals surface area contributed by atoms with E-state index in [9.17, 15) is 9.18 Å². The number of tetrazole rings is 1. The van der Waals surface area contributed by atoms with E-state index in [-0.39, 0.29) is 18.3 Å². The maximum Gasteiger partial charge on any atom is 0.246 e. The second-order valence-corrected chi connectivity index (χ2v) is 3.52. The number of carbonyl (C=O) groups is 1. The number of halogens is 1. The maximum atomic E-state index is 13.2. The summed E-state index contributed by atoms with van der Waals surface area (Å²) in [4.78, 5) is 11.5. The van der Waals surface area contributed by atoms with Gasteiger partial charge in [-0.3, -0.25) is 4.79 Å². The standard InChI is InChI=1S/C10H10FN5O/c1-7-2-3-8(4-9(7)11)13-10(17)5-16-6-12-14-15-16/h2-4,6H,5H2,1H3,(H,13,17). The molecule has 0 spiro atoms. The molecule has 2 aromatic rings. The van der Waals surface area contributed by atoms with E-state index in [1.807, 2.05) is 0 Å². The molecule has 0 aliphatic carbocycles. The summed E-state index contributed by atoms with van der Waals surface area (Å²) in [7, 11) is 0. The third kappa shape index (κ3) is 2.83. The van der Waals surface area contributed by atoms with Crippen molar-refractivity contribution < 1.29 is 9.18 Å². The molecular weight excluding hydrogens is 225 g/mol. The monoisotopic (exact) mass is 235 g/mol. The van der Waals surface area contributed by atoms with E-state index in [2.05, 4.69) is 20.8 Å². The molecule has 1 aromatic heterocycles. The quantitative estimate of drug-likeness (QED) is 0.852. The highest BCUT2D eigenvalue weighted by atomic mass is 19.1. The van der Waals surface area contributed by atoms with Crippen molar-refractivity contribution in [1.82, 2.24) is 20.2 Å². The molecule has 6 nitrogen and oxygen atoms in total. The highest BCUT2D eigenvalue weighted by molar-refractivity contribution is 5.90. The lowest BCUT2D eigenvalue weighted by Gasteiger charge is -2.05. The number of amides is 1. The molecule has 1 N–H and O–H groups in total. The normalized spacial score (nSPS) is 10.2. The summed E-state index contributed by atoms with van der Waals surface area (Å²) in [6.45, 7) is 1.64. The summed E-state index contributed by atoms with van der Waals surface area (Å²) in [6, 6.07) is 4.50. The molecule has 0 saturated carbocycles. The van der Waals surface area contributed by atoms with Gasteiger partial charge < -0.3 is 5.32 Å². The van der Waals surface area contributed by atoms with Crippen LogP contribution in [0.4, 0.5) is 10.1 Å². The predicted octanol–water partition coefficient (Wildman–Crippen LogP) is 0.759. The largest absolute Gasteiger partial charge is 0.324 e. The molecule has 0 saturated heterocycles. The Balaban J connectivity index is 2.00. The average Bonchev–Trinajstić information content (AvgIpc) is 2.76. The van der Waals surface area contributed by atoms with Crippen molar-refractivity contribution in [2.45, 2.75) is 13.5 Å². The Morgan fingerprint density at radius 2 is 2.35 bits per heavy atom. The maximum absolute atomic E-state index is 13.2. The number of hydrogen-bond donors (Lipinski definition) is 1. The van der Waals surface area contributed by atoms with Gasteiger partial charge in [0, 0.05) is 5.69 Å². The molecule has 88 valence electrons. The first-order valence-corrected chi connectivity index (χ1v) is 4.92. The van der Waals surface area contributed by atoms with Crippen LogP contribution in [0, 0.1) is 12.7 Å². The van der Waals surface area contributed by atoms with Crippen LogP contribution in [0.5, 0.6) is 0 Å². The van der Waals surface area contributed by atoms with E-state index in [0.29, 0.717) is 11.3 Å². The van der Waals surface area contributed by atoms with E-state index in [0.717, 1.165) is 0 Å². The first-order valence-electron chi connectivity index (χ1n) is 4.92. The van der Waals surface area contributed by atoms with Gasteiger partial charge in [-0.25, -0.2) is 9.07 Å². The van der Waals surface area contributed by atoms with Crippen LogP contribution in [-0.2, 0) is 11.3 Å². The molecule has 0 aliphatic rings. The number of aromatic nitrogens is 4. The molecule has 0 aliphatic heterocycles. The molecule has 0 radical (unpaired) electrons. The number of aryl methyl sites for hydroxylation is 1. The van der Waals surface area contributed by atoms with Crippen LogP contribution >= 0.6 is 0 Å². The molecular formula is C10H10FN5O. The number of nitrogens with zero attached hydrogens (tertiary/aromatic N) is 4. The molecule has 1 heterocycles. The number of benzene rings is 1. The van der Waals surface area contributed by atoms with Gasteiger partial charge in [-0.15, -0.1) is 5.10 Å². The summed E-state index contributed by atoms with van der Waals surface area (Å²) < 4.78 is 14.5. The van der Waals surface area contributed by atoms with Gasteiger partial charge in [-0.1, -0.05) is 6.07 Å². The number of anilines is 1. The lowest BCUT2D eigenvalue weighted by Crippen LogP contribution is -2.19. The highest BCUT2D eigenvalue weighted by Crippen LogP contribution is 2.13. The van der Waals surface area contributed by atoms with E-state index >= 15 is 0 Å². The van der Waals surface area contributed by atoms with Gasteiger partial charge in [0.1, 0.15) is 18.7 Å². The molecule has 0 unspecified atom stereocenters. The minimum absolute atomic E-state index is 0.0114. The Kier molecular flexibility index (Phi) is 3.08. The number of nitrogens with one attached hydrogen (secondary N) is 1. The van der Waals surface area contributed by atoms with Gasteiger partial charge in [-0.05, 0) is 35.0 Å². The zero-order valence-corrected chi connectivity index (χ0v) is 9.09. The number of rotatable bonds is 3.